The molecule has 8 heteroatoms. The fraction of sp³-hybridized carbons (Fsp3) is 0.471. The molecule has 2 fully saturated rings. The minimum Gasteiger partial charge on any atom is -0.454 e. The third-order valence-corrected chi connectivity index (χ3v) is 4.86. The number of rotatable bonds is 4. The van der Waals surface area contributed by atoms with Crippen LogP contribution in [-0.2, 0) is 15.1 Å². The fourth-order valence-electron chi connectivity index (χ4n) is 3.08. The third-order valence-electron chi connectivity index (χ3n) is 4.86. The van der Waals surface area contributed by atoms with E-state index in [2.05, 4.69) is 10.6 Å². The molecule has 1 aromatic rings. The Labute approximate surface area is 144 Å². The molecule has 1 aromatic carbocycles. The van der Waals surface area contributed by atoms with E-state index in [4.69, 9.17) is 9.47 Å². The molecule has 0 radical (unpaired) electrons. The molecule has 2 atom stereocenters. The van der Waals surface area contributed by atoms with Crippen molar-refractivity contribution in [3.63, 3.8) is 0 Å². The molecule has 0 bridgehead atoms. The van der Waals surface area contributed by atoms with Crippen molar-refractivity contribution in [3.05, 3.63) is 23.8 Å². The molecule has 8 nitrogen and oxygen atoms in total. The van der Waals surface area contributed by atoms with Crippen LogP contribution >= 0.6 is 0 Å². The summed E-state index contributed by atoms with van der Waals surface area (Å²) in [7, 11) is 0. The molecule has 4 amide bonds. The molecular weight excluding hydrogens is 326 g/mol. The SMILES string of the molecule is C[C@H](C(=O)NC1CC1)N1C(=O)N[C@@](C)(c2ccc3c(c2)OCO3)C1=O. The van der Waals surface area contributed by atoms with Crippen molar-refractivity contribution >= 4 is 17.8 Å². The average molecular weight is 345 g/mol. The first-order valence-electron chi connectivity index (χ1n) is 8.26. The lowest BCUT2D eigenvalue weighted by atomic mass is 9.91. The Kier molecular flexibility index (Phi) is 3.38. The van der Waals surface area contributed by atoms with Crippen molar-refractivity contribution in [2.24, 2.45) is 0 Å². The Morgan fingerprint density at radius 3 is 2.76 bits per heavy atom. The Balaban J connectivity index is 1.60. The fourth-order valence-corrected chi connectivity index (χ4v) is 3.08. The van der Waals surface area contributed by atoms with E-state index in [-0.39, 0.29) is 18.7 Å². The normalized spacial score (nSPS) is 25.8. The number of nitrogens with one attached hydrogen (secondary N) is 2. The molecule has 1 aliphatic carbocycles. The van der Waals surface area contributed by atoms with E-state index in [1.54, 1.807) is 32.0 Å². The monoisotopic (exact) mass is 345 g/mol. The molecule has 25 heavy (non-hydrogen) atoms. The predicted octanol–water partition coefficient (Wildman–Crippen LogP) is 0.849. The first-order valence-corrected chi connectivity index (χ1v) is 8.26. The number of carbonyl (C=O) groups is 3. The second-order valence-corrected chi connectivity index (χ2v) is 6.76. The first kappa shape index (κ1) is 15.7. The molecule has 4 rings (SSSR count). The van der Waals surface area contributed by atoms with Gasteiger partial charge in [-0.2, -0.15) is 0 Å². The van der Waals surface area contributed by atoms with Gasteiger partial charge in [-0.1, -0.05) is 6.07 Å². The molecule has 2 aliphatic heterocycles. The summed E-state index contributed by atoms with van der Waals surface area (Å²) in [5.74, 6) is 0.340. The number of ether oxygens (including phenoxy) is 2. The first-order chi connectivity index (χ1) is 11.9. The number of benzene rings is 1. The Hall–Kier alpha value is -2.77. The van der Waals surface area contributed by atoms with Crippen LogP contribution in [0, 0.1) is 0 Å². The highest BCUT2D eigenvalue weighted by molar-refractivity contribution is 6.10. The van der Waals surface area contributed by atoms with Gasteiger partial charge in [0.15, 0.2) is 11.5 Å². The second-order valence-electron chi connectivity index (χ2n) is 6.76. The summed E-state index contributed by atoms with van der Waals surface area (Å²) in [6.45, 7) is 3.30. The van der Waals surface area contributed by atoms with Gasteiger partial charge in [0.25, 0.3) is 5.91 Å². The number of fused-ring (bicyclic) bond motifs is 1. The minimum atomic E-state index is -1.26. The van der Waals surface area contributed by atoms with Crippen LogP contribution in [0.1, 0.15) is 32.3 Å². The number of amides is 4. The van der Waals surface area contributed by atoms with Crippen LogP contribution < -0.4 is 20.1 Å². The van der Waals surface area contributed by atoms with Gasteiger partial charge in [-0.15, -0.1) is 0 Å². The van der Waals surface area contributed by atoms with Crippen LogP contribution in [0.5, 0.6) is 11.5 Å². The van der Waals surface area contributed by atoms with E-state index >= 15 is 0 Å². The molecule has 0 spiro atoms. The molecule has 2 N–H and O–H groups in total. The highest BCUT2D eigenvalue weighted by Gasteiger charge is 2.52. The molecule has 1 saturated carbocycles. The number of carbonyl (C=O) groups excluding carboxylic acids is 3. The van der Waals surface area contributed by atoms with E-state index in [1.165, 1.54) is 0 Å². The summed E-state index contributed by atoms with van der Waals surface area (Å²) < 4.78 is 10.6. The number of hydrogen-bond acceptors (Lipinski definition) is 5. The number of imide groups is 1. The summed E-state index contributed by atoms with van der Waals surface area (Å²) in [6.07, 6.45) is 1.88. The lowest BCUT2D eigenvalue weighted by Crippen LogP contribution is -2.49. The Morgan fingerprint density at radius 2 is 2.04 bits per heavy atom. The van der Waals surface area contributed by atoms with Gasteiger partial charge in [-0.25, -0.2) is 9.69 Å². The lowest BCUT2D eigenvalue weighted by Gasteiger charge is -2.24. The molecule has 2 heterocycles. The zero-order valence-corrected chi connectivity index (χ0v) is 14.0. The van der Waals surface area contributed by atoms with E-state index in [0.717, 1.165) is 17.7 Å². The summed E-state index contributed by atoms with van der Waals surface area (Å²) in [6, 6.07) is 3.81. The van der Waals surface area contributed by atoms with Crippen LogP contribution in [-0.4, -0.2) is 41.6 Å². The van der Waals surface area contributed by atoms with Gasteiger partial charge in [0.2, 0.25) is 12.7 Å². The van der Waals surface area contributed by atoms with Gasteiger partial charge in [0.1, 0.15) is 11.6 Å². The van der Waals surface area contributed by atoms with E-state index in [9.17, 15) is 14.4 Å². The zero-order valence-electron chi connectivity index (χ0n) is 14.0. The van der Waals surface area contributed by atoms with Crippen LogP contribution in [0.4, 0.5) is 4.79 Å². The highest BCUT2D eigenvalue weighted by Crippen LogP contribution is 2.38. The van der Waals surface area contributed by atoms with Gasteiger partial charge in [-0.05, 0) is 44.4 Å². The molecule has 0 unspecified atom stereocenters. The lowest BCUT2D eigenvalue weighted by molar-refractivity contribution is -0.137. The van der Waals surface area contributed by atoms with Gasteiger partial charge in [-0.3, -0.25) is 9.59 Å². The number of urea groups is 1. The van der Waals surface area contributed by atoms with Gasteiger partial charge in [0, 0.05) is 6.04 Å². The van der Waals surface area contributed by atoms with Crippen LogP contribution in [0.15, 0.2) is 18.2 Å². The van der Waals surface area contributed by atoms with Crippen LogP contribution in [0.25, 0.3) is 0 Å². The maximum atomic E-state index is 13.0. The van der Waals surface area contributed by atoms with Gasteiger partial charge in [0.05, 0.1) is 0 Å². The number of nitrogens with zero attached hydrogens (tertiary/aromatic N) is 1. The maximum Gasteiger partial charge on any atom is 0.326 e. The van der Waals surface area contributed by atoms with Crippen molar-refractivity contribution < 1.29 is 23.9 Å². The molecule has 1 saturated heterocycles. The van der Waals surface area contributed by atoms with E-state index in [0.29, 0.717) is 17.1 Å². The van der Waals surface area contributed by atoms with Crippen LogP contribution in [0.2, 0.25) is 0 Å². The van der Waals surface area contributed by atoms with E-state index in [1.807, 2.05) is 0 Å². The number of hydrogen-bond donors (Lipinski definition) is 2. The average Bonchev–Trinajstić information content (AvgIpc) is 3.20. The molecule has 132 valence electrons. The summed E-state index contributed by atoms with van der Waals surface area (Å²) in [5.41, 5.74) is -0.681. The molecular formula is C17H19N3O5. The van der Waals surface area contributed by atoms with Gasteiger partial charge >= 0.3 is 6.03 Å². The summed E-state index contributed by atoms with van der Waals surface area (Å²) in [4.78, 5) is 38.6. The Morgan fingerprint density at radius 1 is 1.32 bits per heavy atom. The zero-order chi connectivity index (χ0) is 17.8. The van der Waals surface area contributed by atoms with Crippen molar-refractivity contribution in [3.8, 4) is 11.5 Å². The summed E-state index contributed by atoms with van der Waals surface area (Å²) >= 11 is 0. The minimum absolute atomic E-state index is 0.125. The van der Waals surface area contributed by atoms with Crippen LogP contribution in [0.3, 0.4) is 0 Å². The van der Waals surface area contributed by atoms with E-state index < -0.39 is 23.5 Å². The molecule has 0 aromatic heterocycles. The second kappa shape index (κ2) is 5.37. The largest absolute Gasteiger partial charge is 0.454 e. The highest BCUT2D eigenvalue weighted by atomic mass is 16.7. The third kappa shape index (κ3) is 2.48. The van der Waals surface area contributed by atoms with Gasteiger partial charge < -0.3 is 20.1 Å². The van der Waals surface area contributed by atoms with Crippen molar-refractivity contribution in [1.29, 1.82) is 0 Å². The molecule has 3 aliphatic rings. The topological polar surface area (TPSA) is 97.0 Å². The summed E-state index contributed by atoms with van der Waals surface area (Å²) in [5, 5.41) is 5.53. The van der Waals surface area contributed by atoms with Crippen molar-refractivity contribution in [2.75, 3.05) is 6.79 Å². The van der Waals surface area contributed by atoms with Crippen molar-refractivity contribution in [1.82, 2.24) is 15.5 Å². The smallest absolute Gasteiger partial charge is 0.326 e. The quantitative estimate of drug-likeness (QED) is 0.789. The maximum absolute atomic E-state index is 13.0. The van der Waals surface area contributed by atoms with Crippen molar-refractivity contribution in [2.45, 2.75) is 44.3 Å². The standard InChI is InChI=1S/C17H19N3O5/c1-9(14(21)18-11-4-5-11)20-15(22)17(2,19-16(20)23)10-3-6-12-13(7-10)25-8-24-12/h3,6-7,9,11H,4-5,8H2,1-2H3,(H,18,21)(H,19,23)/t9-,17+/m1/s1. The predicted molar refractivity (Wildman–Crippen MR) is 85.9 cm³/mol. The Bertz CT molecular complexity index is 776.